The molecule has 1 N–H and O–H groups in total. The molecule has 0 saturated carbocycles. The number of aliphatic hydroxyl groups excluding tert-OH is 1. The third-order valence-electron chi connectivity index (χ3n) is 2.74. The highest BCUT2D eigenvalue weighted by Gasteiger charge is 2.05. The van der Waals surface area contributed by atoms with Gasteiger partial charge in [0.1, 0.15) is 6.61 Å². The van der Waals surface area contributed by atoms with Crippen molar-refractivity contribution in [2.24, 2.45) is 0 Å². The molecule has 0 spiro atoms. The lowest BCUT2D eigenvalue weighted by molar-refractivity contribution is 0.350. The minimum absolute atomic E-state index is 0.0838. The second kappa shape index (κ2) is 6.81. The second-order valence-electron chi connectivity index (χ2n) is 4.27. The Labute approximate surface area is 122 Å². The molecule has 0 aliphatic rings. The van der Waals surface area contributed by atoms with Gasteiger partial charge in [-0.1, -0.05) is 29.5 Å². The van der Waals surface area contributed by atoms with Gasteiger partial charge in [0, 0.05) is 21.1 Å². The van der Waals surface area contributed by atoms with E-state index in [1.54, 1.807) is 11.3 Å². The maximum Gasteiger partial charge on any atom is 0.104 e. The summed E-state index contributed by atoms with van der Waals surface area (Å²) in [5.74, 6) is 6.64. The van der Waals surface area contributed by atoms with E-state index in [4.69, 9.17) is 5.11 Å². The van der Waals surface area contributed by atoms with Crippen LogP contribution in [0.25, 0.3) is 0 Å². The molecule has 98 valence electrons. The molecule has 0 fully saturated rings. The van der Waals surface area contributed by atoms with Crippen molar-refractivity contribution in [1.82, 2.24) is 0 Å². The van der Waals surface area contributed by atoms with Gasteiger partial charge in [0.25, 0.3) is 0 Å². The average Bonchev–Trinajstić information content (AvgIpc) is 2.83. The standard InChI is InChI=1S/C16H16OS2/c1-12-5-6-15(13(2)10-12)19-11-16-14(4-3-8-17)7-9-18-16/h5-7,9-10,17H,8,11H2,1-2H3. The molecule has 1 aromatic heterocycles. The molecule has 0 atom stereocenters. The predicted molar refractivity (Wildman–Crippen MR) is 83.8 cm³/mol. The molecule has 0 aliphatic carbocycles. The number of thioether (sulfide) groups is 1. The molecule has 19 heavy (non-hydrogen) atoms. The van der Waals surface area contributed by atoms with Gasteiger partial charge in [-0.3, -0.25) is 0 Å². The maximum atomic E-state index is 8.75. The third kappa shape index (κ3) is 3.87. The van der Waals surface area contributed by atoms with Crippen LogP contribution < -0.4 is 0 Å². The predicted octanol–water partition coefficient (Wildman–Crippen LogP) is 4.00. The smallest absolute Gasteiger partial charge is 0.104 e. The summed E-state index contributed by atoms with van der Waals surface area (Å²) in [5.41, 5.74) is 3.66. The van der Waals surface area contributed by atoms with E-state index in [-0.39, 0.29) is 6.61 Å². The van der Waals surface area contributed by atoms with Crippen molar-refractivity contribution >= 4 is 23.1 Å². The molecule has 1 nitrogen and oxygen atoms in total. The fourth-order valence-corrected chi connectivity index (χ4v) is 3.76. The van der Waals surface area contributed by atoms with Crippen molar-refractivity contribution in [2.75, 3.05) is 6.61 Å². The van der Waals surface area contributed by atoms with Crippen LogP contribution in [0, 0.1) is 25.7 Å². The first-order chi connectivity index (χ1) is 9.20. The van der Waals surface area contributed by atoms with E-state index in [1.165, 1.54) is 20.9 Å². The van der Waals surface area contributed by atoms with Crippen LogP contribution >= 0.6 is 23.1 Å². The topological polar surface area (TPSA) is 20.2 Å². The molecule has 0 amide bonds. The zero-order valence-corrected chi connectivity index (χ0v) is 12.7. The lowest BCUT2D eigenvalue weighted by Crippen LogP contribution is -1.84. The van der Waals surface area contributed by atoms with Crippen LogP contribution in [0.1, 0.15) is 21.6 Å². The van der Waals surface area contributed by atoms with Crippen molar-refractivity contribution in [3.05, 3.63) is 51.2 Å². The van der Waals surface area contributed by atoms with E-state index in [0.29, 0.717) is 0 Å². The molecular formula is C16H16OS2. The van der Waals surface area contributed by atoms with E-state index in [0.717, 1.165) is 11.3 Å². The Balaban J connectivity index is 2.08. The van der Waals surface area contributed by atoms with Crippen LogP contribution in [0.4, 0.5) is 0 Å². The maximum absolute atomic E-state index is 8.75. The molecule has 0 unspecified atom stereocenters. The van der Waals surface area contributed by atoms with Gasteiger partial charge in [-0.05, 0) is 36.9 Å². The first-order valence-electron chi connectivity index (χ1n) is 6.07. The van der Waals surface area contributed by atoms with Crippen molar-refractivity contribution in [3.8, 4) is 11.8 Å². The number of thiophene rings is 1. The summed E-state index contributed by atoms with van der Waals surface area (Å²) in [5, 5.41) is 10.8. The molecule has 0 bridgehead atoms. The number of rotatable bonds is 3. The van der Waals surface area contributed by atoms with E-state index in [1.807, 2.05) is 17.8 Å². The van der Waals surface area contributed by atoms with Crippen LogP contribution in [0.5, 0.6) is 0 Å². The molecular weight excluding hydrogens is 272 g/mol. The van der Waals surface area contributed by atoms with Gasteiger partial charge in [0.05, 0.1) is 0 Å². The number of benzene rings is 1. The molecule has 2 aromatic rings. The van der Waals surface area contributed by atoms with Crippen molar-refractivity contribution in [2.45, 2.75) is 24.5 Å². The fraction of sp³-hybridized carbons (Fsp3) is 0.250. The lowest BCUT2D eigenvalue weighted by atomic mass is 10.2. The van der Waals surface area contributed by atoms with Gasteiger partial charge in [0.2, 0.25) is 0 Å². The lowest BCUT2D eigenvalue weighted by Gasteiger charge is -2.06. The van der Waals surface area contributed by atoms with Crippen molar-refractivity contribution in [3.63, 3.8) is 0 Å². The normalized spacial score (nSPS) is 10.1. The quantitative estimate of drug-likeness (QED) is 0.680. The Hall–Kier alpha value is -1.21. The zero-order valence-electron chi connectivity index (χ0n) is 11.1. The van der Waals surface area contributed by atoms with Crippen LogP contribution in [-0.2, 0) is 5.75 Å². The summed E-state index contributed by atoms with van der Waals surface area (Å²) in [6.07, 6.45) is 0. The van der Waals surface area contributed by atoms with Crippen LogP contribution in [0.15, 0.2) is 34.5 Å². The molecule has 0 radical (unpaired) electrons. The summed E-state index contributed by atoms with van der Waals surface area (Å²) in [6.45, 7) is 4.18. The van der Waals surface area contributed by atoms with Crippen molar-refractivity contribution in [1.29, 1.82) is 0 Å². The summed E-state index contributed by atoms with van der Waals surface area (Å²) in [7, 11) is 0. The van der Waals surface area contributed by atoms with Gasteiger partial charge >= 0.3 is 0 Å². The number of aliphatic hydroxyl groups is 1. The Morgan fingerprint density at radius 1 is 1.26 bits per heavy atom. The molecule has 1 heterocycles. The molecule has 2 rings (SSSR count). The SMILES string of the molecule is Cc1ccc(SCc2sccc2C#CCO)c(C)c1. The highest BCUT2D eigenvalue weighted by molar-refractivity contribution is 7.98. The van der Waals surface area contributed by atoms with Crippen molar-refractivity contribution < 1.29 is 5.11 Å². The number of aryl methyl sites for hydroxylation is 2. The highest BCUT2D eigenvalue weighted by Crippen LogP contribution is 2.29. The highest BCUT2D eigenvalue weighted by atomic mass is 32.2. The summed E-state index contributed by atoms with van der Waals surface area (Å²) < 4.78 is 0. The Bertz CT molecular complexity index is 617. The summed E-state index contributed by atoms with van der Waals surface area (Å²) in [6, 6.07) is 8.56. The summed E-state index contributed by atoms with van der Waals surface area (Å²) in [4.78, 5) is 2.59. The Morgan fingerprint density at radius 2 is 2.11 bits per heavy atom. The molecule has 1 aromatic carbocycles. The molecule has 0 saturated heterocycles. The number of hydrogen-bond donors (Lipinski definition) is 1. The van der Waals surface area contributed by atoms with E-state index in [2.05, 4.69) is 49.3 Å². The van der Waals surface area contributed by atoms with E-state index in [9.17, 15) is 0 Å². The largest absolute Gasteiger partial charge is 0.384 e. The Kier molecular flexibility index (Phi) is 5.09. The van der Waals surface area contributed by atoms with Gasteiger partial charge in [-0.25, -0.2) is 0 Å². The zero-order chi connectivity index (χ0) is 13.7. The van der Waals surface area contributed by atoms with E-state index >= 15 is 0 Å². The monoisotopic (exact) mass is 288 g/mol. The van der Waals surface area contributed by atoms with Gasteiger partial charge in [-0.15, -0.1) is 23.1 Å². The molecule has 3 heteroatoms. The van der Waals surface area contributed by atoms with Crippen LogP contribution in [-0.4, -0.2) is 11.7 Å². The van der Waals surface area contributed by atoms with Gasteiger partial charge in [-0.2, -0.15) is 0 Å². The minimum atomic E-state index is -0.0838. The number of hydrogen-bond acceptors (Lipinski definition) is 3. The molecule has 0 aliphatic heterocycles. The first-order valence-corrected chi connectivity index (χ1v) is 7.93. The second-order valence-corrected chi connectivity index (χ2v) is 6.29. The summed E-state index contributed by atoms with van der Waals surface area (Å²) >= 11 is 3.56. The minimum Gasteiger partial charge on any atom is -0.384 e. The van der Waals surface area contributed by atoms with Crippen LogP contribution in [0.3, 0.4) is 0 Å². The van der Waals surface area contributed by atoms with Gasteiger partial charge < -0.3 is 5.11 Å². The van der Waals surface area contributed by atoms with E-state index < -0.39 is 0 Å². The fourth-order valence-electron chi connectivity index (χ4n) is 1.80. The Morgan fingerprint density at radius 3 is 2.84 bits per heavy atom. The van der Waals surface area contributed by atoms with Gasteiger partial charge in [0.15, 0.2) is 0 Å². The average molecular weight is 288 g/mol. The first kappa shape index (κ1) is 14.2. The van der Waals surface area contributed by atoms with Crippen LogP contribution in [0.2, 0.25) is 0 Å². The third-order valence-corrected chi connectivity index (χ3v) is 5.04.